The number of ether oxygens (including phenoxy) is 1. The molecule has 1 heterocycles. The summed E-state index contributed by atoms with van der Waals surface area (Å²) < 4.78 is 5.57. The standard InChI is InChI=1S/C16H27N3O2.ClH/c1-5-14-15(9-8-13(4)18-14)21-12-16(20)17-10-11-19(6-2)7-3;/h8-9H,5-7,10-12H2,1-4H3,(H,17,20);1H. The molecule has 1 aromatic rings. The van der Waals surface area contributed by atoms with Gasteiger partial charge in [-0.15, -0.1) is 12.4 Å². The molecule has 1 aromatic heterocycles. The quantitative estimate of drug-likeness (QED) is 0.754. The number of carbonyl (C=O) groups excluding carboxylic acids is 1. The van der Waals surface area contributed by atoms with E-state index in [0.717, 1.165) is 37.4 Å². The van der Waals surface area contributed by atoms with E-state index in [2.05, 4.69) is 29.0 Å². The number of nitrogens with one attached hydrogen (secondary N) is 1. The second-order valence-electron chi connectivity index (χ2n) is 4.92. The lowest BCUT2D eigenvalue weighted by molar-refractivity contribution is -0.123. The summed E-state index contributed by atoms with van der Waals surface area (Å²) in [7, 11) is 0. The minimum Gasteiger partial charge on any atom is -0.482 e. The summed E-state index contributed by atoms with van der Waals surface area (Å²) in [4.78, 5) is 18.4. The lowest BCUT2D eigenvalue weighted by Crippen LogP contribution is -2.36. The molecule has 0 bridgehead atoms. The molecule has 1 rings (SSSR count). The van der Waals surface area contributed by atoms with Crippen LogP contribution in [0.2, 0.25) is 0 Å². The zero-order valence-electron chi connectivity index (χ0n) is 14.0. The maximum absolute atomic E-state index is 11.8. The Bertz CT molecular complexity index is 451. The number of hydrogen-bond acceptors (Lipinski definition) is 4. The molecule has 0 aliphatic carbocycles. The summed E-state index contributed by atoms with van der Waals surface area (Å²) in [6, 6.07) is 3.77. The first kappa shape index (κ1) is 20.7. The summed E-state index contributed by atoms with van der Waals surface area (Å²) >= 11 is 0. The van der Waals surface area contributed by atoms with E-state index >= 15 is 0 Å². The van der Waals surface area contributed by atoms with Crippen molar-refractivity contribution in [3.8, 4) is 5.75 Å². The predicted octanol–water partition coefficient (Wildman–Crippen LogP) is 2.21. The second-order valence-corrected chi connectivity index (χ2v) is 4.92. The van der Waals surface area contributed by atoms with Crippen molar-refractivity contribution in [2.24, 2.45) is 0 Å². The number of hydrogen-bond donors (Lipinski definition) is 1. The first-order valence-electron chi connectivity index (χ1n) is 7.69. The van der Waals surface area contributed by atoms with Crippen LogP contribution in [0.25, 0.3) is 0 Å². The van der Waals surface area contributed by atoms with E-state index in [4.69, 9.17) is 4.74 Å². The fraction of sp³-hybridized carbons (Fsp3) is 0.625. The topological polar surface area (TPSA) is 54.5 Å². The van der Waals surface area contributed by atoms with Gasteiger partial charge in [0, 0.05) is 18.8 Å². The maximum atomic E-state index is 11.8. The van der Waals surface area contributed by atoms with Crippen molar-refractivity contribution < 1.29 is 9.53 Å². The van der Waals surface area contributed by atoms with Gasteiger partial charge >= 0.3 is 0 Å². The number of rotatable bonds is 9. The lowest BCUT2D eigenvalue weighted by atomic mass is 10.2. The summed E-state index contributed by atoms with van der Waals surface area (Å²) in [5.74, 6) is 0.603. The van der Waals surface area contributed by atoms with Gasteiger partial charge in [0.2, 0.25) is 0 Å². The van der Waals surface area contributed by atoms with E-state index in [1.807, 2.05) is 26.0 Å². The Labute approximate surface area is 139 Å². The van der Waals surface area contributed by atoms with E-state index < -0.39 is 0 Å². The maximum Gasteiger partial charge on any atom is 0.257 e. The molecule has 5 nitrogen and oxygen atoms in total. The molecule has 6 heteroatoms. The molecule has 1 amide bonds. The van der Waals surface area contributed by atoms with Gasteiger partial charge in [-0.05, 0) is 38.6 Å². The summed E-state index contributed by atoms with van der Waals surface area (Å²) in [6.07, 6.45) is 0.792. The fourth-order valence-corrected chi connectivity index (χ4v) is 2.07. The minimum atomic E-state index is -0.0928. The third kappa shape index (κ3) is 7.09. The van der Waals surface area contributed by atoms with E-state index in [1.54, 1.807) is 0 Å². The molecule has 0 aromatic carbocycles. The van der Waals surface area contributed by atoms with Gasteiger partial charge in [0.15, 0.2) is 6.61 Å². The highest BCUT2D eigenvalue weighted by atomic mass is 35.5. The van der Waals surface area contributed by atoms with Gasteiger partial charge in [-0.25, -0.2) is 0 Å². The molecule has 0 radical (unpaired) electrons. The zero-order valence-corrected chi connectivity index (χ0v) is 14.8. The molecule has 0 atom stereocenters. The molecular weight excluding hydrogens is 302 g/mol. The normalized spacial score (nSPS) is 10.2. The molecule has 0 aliphatic heterocycles. The second kappa shape index (κ2) is 11.3. The van der Waals surface area contributed by atoms with Crippen LogP contribution in [0.1, 0.15) is 32.2 Å². The average Bonchev–Trinajstić information content (AvgIpc) is 2.50. The van der Waals surface area contributed by atoms with Crippen molar-refractivity contribution in [1.29, 1.82) is 0 Å². The van der Waals surface area contributed by atoms with Crippen molar-refractivity contribution in [1.82, 2.24) is 15.2 Å². The van der Waals surface area contributed by atoms with Crippen LogP contribution >= 0.6 is 12.4 Å². The molecule has 1 N–H and O–H groups in total. The lowest BCUT2D eigenvalue weighted by Gasteiger charge is -2.18. The Morgan fingerprint density at radius 3 is 2.55 bits per heavy atom. The van der Waals surface area contributed by atoms with Crippen molar-refractivity contribution in [2.45, 2.75) is 34.1 Å². The van der Waals surface area contributed by atoms with Crippen LogP contribution in [0.3, 0.4) is 0 Å². The minimum absolute atomic E-state index is 0. The van der Waals surface area contributed by atoms with E-state index in [0.29, 0.717) is 12.3 Å². The Morgan fingerprint density at radius 2 is 1.95 bits per heavy atom. The van der Waals surface area contributed by atoms with Crippen molar-refractivity contribution in [2.75, 3.05) is 32.8 Å². The molecule has 0 unspecified atom stereocenters. The van der Waals surface area contributed by atoms with Crippen LogP contribution in [0, 0.1) is 6.92 Å². The van der Waals surface area contributed by atoms with E-state index in [-0.39, 0.29) is 24.9 Å². The number of carbonyl (C=O) groups is 1. The number of nitrogens with zero attached hydrogens (tertiary/aromatic N) is 2. The monoisotopic (exact) mass is 329 g/mol. The van der Waals surface area contributed by atoms with Gasteiger partial charge in [0.05, 0.1) is 5.69 Å². The average molecular weight is 330 g/mol. The molecule has 0 saturated heterocycles. The number of likely N-dealkylation sites (N-methyl/N-ethyl adjacent to an activating group) is 1. The van der Waals surface area contributed by atoms with Gasteiger partial charge in [-0.3, -0.25) is 9.78 Å². The van der Waals surface area contributed by atoms with Gasteiger partial charge in [-0.1, -0.05) is 20.8 Å². The molecular formula is C16H28ClN3O2. The van der Waals surface area contributed by atoms with Crippen LogP contribution in [0.5, 0.6) is 5.75 Å². The van der Waals surface area contributed by atoms with Crippen LogP contribution < -0.4 is 10.1 Å². The van der Waals surface area contributed by atoms with E-state index in [1.165, 1.54) is 0 Å². The number of aromatic nitrogens is 1. The largest absolute Gasteiger partial charge is 0.482 e. The molecule has 126 valence electrons. The van der Waals surface area contributed by atoms with Crippen LogP contribution in [0.4, 0.5) is 0 Å². The Kier molecular flexibility index (Phi) is 10.6. The SMILES string of the molecule is CCc1nc(C)ccc1OCC(=O)NCCN(CC)CC.Cl. The fourth-order valence-electron chi connectivity index (χ4n) is 2.07. The highest BCUT2D eigenvalue weighted by Crippen LogP contribution is 2.17. The number of halogens is 1. The van der Waals surface area contributed by atoms with E-state index in [9.17, 15) is 4.79 Å². The van der Waals surface area contributed by atoms with Crippen LogP contribution in [-0.4, -0.2) is 48.6 Å². The van der Waals surface area contributed by atoms with Gasteiger partial charge in [0.25, 0.3) is 5.91 Å². The Balaban J connectivity index is 0.00000441. The highest BCUT2D eigenvalue weighted by molar-refractivity contribution is 5.85. The van der Waals surface area contributed by atoms with Gasteiger partial charge in [0.1, 0.15) is 5.75 Å². The van der Waals surface area contributed by atoms with Gasteiger partial charge in [-0.2, -0.15) is 0 Å². The third-order valence-corrected chi connectivity index (χ3v) is 3.41. The first-order chi connectivity index (χ1) is 10.1. The van der Waals surface area contributed by atoms with Crippen molar-refractivity contribution in [3.05, 3.63) is 23.5 Å². The number of pyridine rings is 1. The number of amides is 1. The first-order valence-corrected chi connectivity index (χ1v) is 7.69. The summed E-state index contributed by atoms with van der Waals surface area (Å²) in [6.45, 7) is 11.8. The molecule has 22 heavy (non-hydrogen) atoms. The smallest absolute Gasteiger partial charge is 0.257 e. The summed E-state index contributed by atoms with van der Waals surface area (Å²) in [5, 5.41) is 2.87. The Hall–Kier alpha value is -1.33. The summed E-state index contributed by atoms with van der Waals surface area (Å²) in [5.41, 5.74) is 1.86. The van der Waals surface area contributed by atoms with Crippen LogP contribution in [-0.2, 0) is 11.2 Å². The molecule has 0 saturated carbocycles. The van der Waals surface area contributed by atoms with Crippen molar-refractivity contribution in [3.63, 3.8) is 0 Å². The highest BCUT2D eigenvalue weighted by Gasteiger charge is 2.07. The van der Waals surface area contributed by atoms with Crippen molar-refractivity contribution >= 4 is 18.3 Å². The van der Waals surface area contributed by atoms with Crippen LogP contribution in [0.15, 0.2) is 12.1 Å². The van der Waals surface area contributed by atoms with Gasteiger partial charge < -0.3 is 15.0 Å². The zero-order chi connectivity index (χ0) is 15.7. The Morgan fingerprint density at radius 1 is 1.27 bits per heavy atom. The predicted molar refractivity (Wildman–Crippen MR) is 91.9 cm³/mol. The third-order valence-electron chi connectivity index (χ3n) is 3.41. The molecule has 0 fully saturated rings. The molecule has 0 spiro atoms. The molecule has 0 aliphatic rings. The number of aryl methyl sites for hydroxylation is 2.